The van der Waals surface area contributed by atoms with E-state index in [1.54, 1.807) is 0 Å². The van der Waals surface area contributed by atoms with Crippen LogP contribution < -0.4 is 5.32 Å². The average Bonchev–Trinajstić information content (AvgIpc) is 3.10. The number of hydrogen-bond donors (Lipinski definition) is 1. The molecular weight excluding hydrogens is 308 g/mol. The molecule has 1 amide bonds. The molecule has 1 spiro atoms. The van der Waals surface area contributed by atoms with Crippen LogP contribution in [0.2, 0.25) is 0 Å². The molecule has 3 fully saturated rings. The largest absolute Gasteiger partial charge is 0.339 e. The summed E-state index contributed by atoms with van der Waals surface area (Å²) in [6, 6.07) is 11.0. The highest BCUT2D eigenvalue weighted by Gasteiger charge is 2.59. The summed E-state index contributed by atoms with van der Waals surface area (Å²) in [6.07, 6.45) is 4.62. The molecular formula is C19H27ClN2O. The number of carbonyl (C=O) groups excluding carboxylic acids is 1. The van der Waals surface area contributed by atoms with E-state index in [1.165, 1.54) is 18.4 Å². The van der Waals surface area contributed by atoms with Crippen LogP contribution in [0.1, 0.15) is 44.1 Å². The number of benzene rings is 1. The first-order chi connectivity index (χ1) is 10.7. The van der Waals surface area contributed by atoms with E-state index in [4.69, 9.17) is 0 Å². The highest BCUT2D eigenvalue weighted by Crippen LogP contribution is 2.59. The second kappa shape index (κ2) is 6.45. The Hall–Kier alpha value is -1.06. The minimum atomic E-state index is 0. The zero-order valence-corrected chi connectivity index (χ0v) is 14.6. The molecule has 1 N–H and O–H groups in total. The second-order valence-corrected chi connectivity index (χ2v) is 7.45. The van der Waals surface area contributed by atoms with Crippen molar-refractivity contribution >= 4 is 18.3 Å². The molecule has 2 heterocycles. The van der Waals surface area contributed by atoms with Gasteiger partial charge in [0.2, 0.25) is 5.91 Å². The van der Waals surface area contributed by atoms with Crippen LogP contribution in [-0.2, 0) is 4.79 Å². The molecule has 3 aliphatic rings. The van der Waals surface area contributed by atoms with Gasteiger partial charge in [-0.2, -0.15) is 0 Å². The van der Waals surface area contributed by atoms with Crippen molar-refractivity contribution in [1.82, 2.24) is 10.2 Å². The van der Waals surface area contributed by atoms with Crippen LogP contribution in [0.15, 0.2) is 30.3 Å². The van der Waals surface area contributed by atoms with Gasteiger partial charge in [0.1, 0.15) is 0 Å². The SMILES string of the molecule is CC1C(c2ccccc2)CCN1C(=O)C1CC12CCNCC2.Cl. The van der Waals surface area contributed by atoms with Gasteiger partial charge in [-0.25, -0.2) is 0 Å². The molecule has 4 heteroatoms. The summed E-state index contributed by atoms with van der Waals surface area (Å²) in [4.78, 5) is 15.2. The predicted molar refractivity (Wildman–Crippen MR) is 94.9 cm³/mol. The molecule has 23 heavy (non-hydrogen) atoms. The molecule has 0 radical (unpaired) electrons. The monoisotopic (exact) mass is 334 g/mol. The molecule has 126 valence electrons. The van der Waals surface area contributed by atoms with Crippen LogP contribution in [0.5, 0.6) is 0 Å². The fraction of sp³-hybridized carbons (Fsp3) is 0.632. The fourth-order valence-corrected chi connectivity index (χ4v) is 4.77. The molecule has 1 aliphatic carbocycles. The maximum Gasteiger partial charge on any atom is 0.226 e. The Morgan fingerprint density at radius 1 is 1.22 bits per heavy atom. The summed E-state index contributed by atoms with van der Waals surface area (Å²) in [5, 5.41) is 3.42. The Morgan fingerprint density at radius 2 is 1.91 bits per heavy atom. The lowest BCUT2D eigenvalue weighted by Gasteiger charge is -2.28. The van der Waals surface area contributed by atoms with Crippen molar-refractivity contribution in [3.63, 3.8) is 0 Å². The molecule has 0 bridgehead atoms. The van der Waals surface area contributed by atoms with Crippen molar-refractivity contribution in [1.29, 1.82) is 0 Å². The summed E-state index contributed by atoms with van der Waals surface area (Å²) in [5.41, 5.74) is 1.74. The van der Waals surface area contributed by atoms with Crippen molar-refractivity contribution in [3.8, 4) is 0 Å². The number of amides is 1. The first kappa shape index (κ1) is 16.8. The van der Waals surface area contributed by atoms with Crippen LogP contribution >= 0.6 is 12.4 Å². The topological polar surface area (TPSA) is 32.3 Å². The summed E-state index contributed by atoms with van der Waals surface area (Å²) < 4.78 is 0. The van der Waals surface area contributed by atoms with Gasteiger partial charge in [-0.05, 0) is 56.7 Å². The van der Waals surface area contributed by atoms with Crippen LogP contribution in [0.25, 0.3) is 0 Å². The minimum Gasteiger partial charge on any atom is -0.339 e. The van der Waals surface area contributed by atoms with E-state index >= 15 is 0 Å². The third-order valence-corrected chi connectivity index (χ3v) is 6.35. The number of nitrogens with zero attached hydrogens (tertiary/aromatic N) is 1. The lowest BCUT2D eigenvalue weighted by atomic mass is 9.91. The normalized spacial score (nSPS) is 31.7. The van der Waals surface area contributed by atoms with Gasteiger partial charge in [0.25, 0.3) is 0 Å². The van der Waals surface area contributed by atoms with Gasteiger partial charge in [0.05, 0.1) is 0 Å². The highest BCUT2D eigenvalue weighted by molar-refractivity contribution is 5.85. The number of nitrogens with one attached hydrogen (secondary N) is 1. The van der Waals surface area contributed by atoms with Gasteiger partial charge in [0.15, 0.2) is 0 Å². The molecule has 2 aliphatic heterocycles. The Morgan fingerprint density at radius 3 is 2.61 bits per heavy atom. The summed E-state index contributed by atoms with van der Waals surface area (Å²) in [6.45, 7) is 5.35. The molecule has 3 unspecified atom stereocenters. The Labute approximate surface area is 145 Å². The standard InChI is InChI=1S/C19H26N2O.ClH/c1-14-16(15-5-3-2-4-6-15)7-12-21(14)18(22)17-13-19(17)8-10-20-11-9-19;/h2-6,14,16-17,20H,7-13H2,1H3;1H. The molecule has 2 saturated heterocycles. The molecule has 0 aromatic heterocycles. The third kappa shape index (κ3) is 2.89. The Kier molecular flexibility index (Phi) is 4.70. The van der Waals surface area contributed by atoms with Crippen molar-refractivity contribution in [2.75, 3.05) is 19.6 Å². The van der Waals surface area contributed by atoms with E-state index in [0.29, 0.717) is 29.2 Å². The van der Waals surface area contributed by atoms with E-state index < -0.39 is 0 Å². The average molecular weight is 335 g/mol. The number of piperidine rings is 1. The van der Waals surface area contributed by atoms with Crippen LogP contribution in [-0.4, -0.2) is 36.5 Å². The summed E-state index contributed by atoms with van der Waals surface area (Å²) in [7, 11) is 0. The highest BCUT2D eigenvalue weighted by atomic mass is 35.5. The fourth-order valence-electron chi connectivity index (χ4n) is 4.77. The third-order valence-electron chi connectivity index (χ3n) is 6.35. The molecule has 3 nitrogen and oxygen atoms in total. The zero-order valence-electron chi connectivity index (χ0n) is 13.8. The minimum absolute atomic E-state index is 0. The lowest BCUT2D eigenvalue weighted by molar-refractivity contribution is -0.134. The quantitative estimate of drug-likeness (QED) is 0.900. The summed E-state index contributed by atoms with van der Waals surface area (Å²) >= 11 is 0. The molecule has 3 atom stereocenters. The van der Waals surface area contributed by atoms with E-state index in [9.17, 15) is 4.79 Å². The first-order valence-electron chi connectivity index (χ1n) is 8.77. The maximum atomic E-state index is 13.0. The van der Waals surface area contributed by atoms with Crippen LogP contribution in [0, 0.1) is 11.3 Å². The first-order valence-corrected chi connectivity index (χ1v) is 8.77. The van der Waals surface area contributed by atoms with Gasteiger partial charge in [-0.3, -0.25) is 4.79 Å². The van der Waals surface area contributed by atoms with E-state index in [0.717, 1.165) is 32.5 Å². The smallest absolute Gasteiger partial charge is 0.226 e. The maximum absolute atomic E-state index is 13.0. The molecule has 1 saturated carbocycles. The Bertz CT molecular complexity index is 556. The lowest BCUT2D eigenvalue weighted by Crippen LogP contribution is -2.39. The molecule has 1 aromatic rings. The van der Waals surface area contributed by atoms with E-state index in [1.807, 2.05) is 0 Å². The van der Waals surface area contributed by atoms with Gasteiger partial charge in [-0.1, -0.05) is 30.3 Å². The van der Waals surface area contributed by atoms with Gasteiger partial charge in [-0.15, -0.1) is 12.4 Å². The van der Waals surface area contributed by atoms with Gasteiger partial charge >= 0.3 is 0 Å². The predicted octanol–water partition coefficient (Wildman–Crippen LogP) is 3.20. The van der Waals surface area contributed by atoms with Crippen LogP contribution in [0.4, 0.5) is 0 Å². The van der Waals surface area contributed by atoms with Crippen molar-refractivity contribution in [3.05, 3.63) is 35.9 Å². The van der Waals surface area contributed by atoms with E-state index in [-0.39, 0.29) is 12.4 Å². The van der Waals surface area contributed by atoms with Crippen LogP contribution in [0.3, 0.4) is 0 Å². The van der Waals surface area contributed by atoms with Gasteiger partial charge < -0.3 is 10.2 Å². The number of rotatable bonds is 2. The van der Waals surface area contributed by atoms with Crippen molar-refractivity contribution in [2.45, 2.75) is 44.6 Å². The Balaban J connectivity index is 0.00000156. The summed E-state index contributed by atoms with van der Waals surface area (Å²) in [5.74, 6) is 1.26. The number of hydrogen-bond acceptors (Lipinski definition) is 2. The van der Waals surface area contributed by atoms with Crippen molar-refractivity contribution in [2.24, 2.45) is 11.3 Å². The number of halogens is 1. The van der Waals surface area contributed by atoms with Crippen molar-refractivity contribution < 1.29 is 4.79 Å². The van der Waals surface area contributed by atoms with Gasteiger partial charge in [0, 0.05) is 24.4 Å². The van der Waals surface area contributed by atoms with E-state index in [2.05, 4.69) is 47.5 Å². The number of carbonyl (C=O) groups is 1. The zero-order chi connectivity index (χ0) is 15.2. The molecule has 1 aromatic carbocycles. The second-order valence-electron chi connectivity index (χ2n) is 7.45. The molecule has 4 rings (SSSR count). The number of likely N-dealkylation sites (tertiary alicyclic amines) is 1.